The maximum Gasteiger partial charge on any atom is 0.0325 e. The van der Waals surface area contributed by atoms with Gasteiger partial charge in [0.2, 0.25) is 0 Å². The molecule has 0 bridgehead atoms. The summed E-state index contributed by atoms with van der Waals surface area (Å²) in [7, 11) is 0. The molecule has 1 aromatic carbocycles. The normalized spacial score (nSPS) is 20.9. The molecule has 0 spiro atoms. The molecular formula is C18H30N2. The molecule has 2 unspecified atom stereocenters. The lowest BCUT2D eigenvalue weighted by Gasteiger charge is -2.36. The highest BCUT2D eigenvalue weighted by molar-refractivity contribution is 5.32. The maximum absolute atomic E-state index is 3.63. The van der Waals surface area contributed by atoms with Gasteiger partial charge in [-0.05, 0) is 65.1 Å². The fourth-order valence-electron chi connectivity index (χ4n) is 3.37. The van der Waals surface area contributed by atoms with Crippen LogP contribution in [0.3, 0.4) is 0 Å². The first-order valence-electron chi connectivity index (χ1n) is 8.05. The van der Waals surface area contributed by atoms with Crippen LogP contribution in [0, 0.1) is 13.8 Å². The summed E-state index contributed by atoms with van der Waals surface area (Å²) in [6.45, 7) is 13.8. The van der Waals surface area contributed by atoms with Gasteiger partial charge in [0.05, 0.1) is 0 Å². The second-order valence-electron chi connectivity index (χ2n) is 6.62. The van der Waals surface area contributed by atoms with Gasteiger partial charge in [0.1, 0.15) is 0 Å². The van der Waals surface area contributed by atoms with Gasteiger partial charge in [0.25, 0.3) is 0 Å². The van der Waals surface area contributed by atoms with Crippen LogP contribution in [0.1, 0.15) is 56.3 Å². The van der Waals surface area contributed by atoms with Crippen LogP contribution >= 0.6 is 0 Å². The summed E-state index contributed by atoms with van der Waals surface area (Å²) in [5.74, 6) is 0. The van der Waals surface area contributed by atoms with E-state index < -0.39 is 0 Å². The average molecular weight is 274 g/mol. The topological polar surface area (TPSA) is 15.3 Å². The molecule has 0 saturated carbocycles. The average Bonchev–Trinajstić information content (AvgIpc) is 2.90. The second-order valence-corrected chi connectivity index (χ2v) is 6.62. The van der Waals surface area contributed by atoms with Crippen LogP contribution in [0.5, 0.6) is 0 Å². The molecule has 1 aliphatic heterocycles. The standard InChI is InChI=1S/C18H30N2/c1-13(2)20(12-17-7-6-10-19-17)16(5)18-11-14(3)8-9-15(18)4/h8-9,11,13,16-17,19H,6-7,10,12H2,1-5H3. The lowest BCUT2D eigenvalue weighted by atomic mass is 9.97. The van der Waals surface area contributed by atoms with Crippen LogP contribution in [-0.4, -0.2) is 30.1 Å². The predicted molar refractivity (Wildman–Crippen MR) is 87.2 cm³/mol. The molecule has 1 aliphatic rings. The third-order valence-electron chi connectivity index (χ3n) is 4.64. The Labute approximate surface area is 124 Å². The number of hydrogen-bond donors (Lipinski definition) is 1. The van der Waals surface area contributed by atoms with Crippen LogP contribution in [0.4, 0.5) is 0 Å². The molecule has 20 heavy (non-hydrogen) atoms. The van der Waals surface area contributed by atoms with Gasteiger partial charge in [-0.3, -0.25) is 4.90 Å². The number of aryl methyl sites for hydroxylation is 2. The van der Waals surface area contributed by atoms with Crippen molar-refractivity contribution in [3.63, 3.8) is 0 Å². The summed E-state index contributed by atoms with van der Waals surface area (Å²) in [5.41, 5.74) is 4.25. The molecule has 1 fully saturated rings. The van der Waals surface area contributed by atoms with Crippen molar-refractivity contribution in [2.75, 3.05) is 13.1 Å². The van der Waals surface area contributed by atoms with E-state index >= 15 is 0 Å². The molecule has 2 rings (SSSR count). The summed E-state index contributed by atoms with van der Waals surface area (Å²) >= 11 is 0. The molecule has 1 aromatic rings. The zero-order chi connectivity index (χ0) is 14.7. The number of benzene rings is 1. The van der Waals surface area contributed by atoms with E-state index in [0.717, 1.165) is 6.54 Å². The number of hydrogen-bond acceptors (Lipinski definition) is 2. The minimum Gasteiger partial charge on any atom is -0.313 e. The molecule has 0 aliphatic carbocycles. The Morgan fingerprint density at radius 1 is 1.25 bits per heavy atom. The van der Waals surface area contributed by atoms with Crippen LogP contribution in [0.25, 0.3) is 0 Å². The fraction of sp³-hybridized carbons (Fsp3) is 0.667. The van der Waals surface area contributed by atoms with Gasteiger partial charge in [-0.25, -0.2) is 0 Å². The smallest absolute Gasteiger partial charge is 0.0325 e. The summed E-state index contributed by atoms with van der Waals surface area (Å²) in [4.78, 5) is 2.64. The fourth-order valence-corrected chi connectivity index (χ4v) is 3.37. The van der Waals surface area contributed by atoms with Crippen molar-refractivity contribution < 1.29 is 0 Å². The van der Waals surface area contributed by atoms with Crippen LogP contribution in [0.15, 0.2) is 18.2 Å². The Hall–Kier alpha value is -0.860. The minimum atomic E-state index is 0.484. The maximum atomic E-state index is 3.63. The molecule has 0 amide bonds. The molecule has 0 radical (unpaired) electrons. The van der Waals surface area contributed by atoms with Gasteiger partial charge < -0.3 is 5.32 Å². The van der Waals surface area contributed by atoms with E-state index in [1.165, 1.54) is 36.1 Å². The molecule has 0 aromatic heterocycles. The first-order valence-corrected chi connectivity index (χ1v) is 8.05. The van der Waals surface area contributed by atoms with Crippen molar-refractivity contribution in [2.45, 2.75) is 65.6 Å². The van der Waals surface area contributed by atoms with E-state index in [1.54, 1.807) is 0 Å². The number of nitrogens with zero attached hydrogens (tertiary/aromatic N) is 1. The van der Waals surface area contributed by atoms with E-state index in [-0.39, 0.29) is 0 Å². The van der Waals surface area contributed by atoms with Gasteiger partial charge in [-0.2, -0.15) is 0 Å². The van der Waals surface area contributed by atoms with E-state index in [9.17, 15) is 0 Å². The Kier molecular flexibility index (Phi) is 5.22. The predicted octanol–water partition coefficient (Wildman–Crippen LogP) is 3.83. The zero-order valence-electron chi connectivity index (χ0n) is 13.7. The van der Waals surface area contributed by atoms with Gasteiger partial charge in [0, 0.05) is 24.7 Å². The van der Waals surface area contributed by atoms with Crippen molar-refractivity contribution in [3.05, 3.63) is 34.9 Å². The van der Waals surface area contributed by atoms with E-state index in [1.807, 2.05) is 0 Å². The van der Waals surface area contributed by atoms with Crippen molar-refractivity contribution in [2.24, 2.45) is 0 Å². The third-order valence-corrected chi connectivity index (χ3v) is 4.64. The lowest BCUT2D eigenvalue weighted by molar-refractivity contribution is 0.149. The Morgan fingerprint density at radius 3 is 2.60 bits per heavy atom. The first-order chi connectivity index (χ1) is 9.49. The number of rotatable bonds is 5. The van der Waals surface area contributed by atoms with E-state index in [4.69, 9.17) is 0 Å². The van der Waals surface area contributed by atoms with Gasteiger partial charge in [-0.1, -0.05) is 23.8 Å². The van der Waals surface area contributed by atoms with E-state index in [0.29, 0.717) is 18.1 Å². The van der Waals surface area contributed by atoms with Crippen LogP contribution in [-0.2, 0) is 0 Å². The highest BCUT2D eigenvalue weighted by Gasteiger charge is 2.25. The quantitative estimate of drug-likeness (QED) is 0.878. The SMILES string of the molecule is Cc1ccc(C)c(C(C)N(CC2CCCN2)C(C)C)c1. The molecular weight excluding hydrogens is 244 g/mol. The Morgan fingerprint density at radius 2 is 2.00 bits per heavy atom. The Bertz CT molecular complexity index is 433. The van der Waals surface area contributed by atoms with Crippen LogP contribution < -0.4 is 5.32 Å². The molecule has 1 saturated heterocycles. The third kappa shape index (κ3) is 3.62. The summed E-state index contributed by atoms with van der Waals surface area (Å²) < 4.78 is 0. The summed E-state index contributed by atoms with van der Waals surface area (Å²) in [5, 5.41) is 3.63. The largest absolute Gasteiger partial charge is 0.313 e. The minimum absolute atomic E-state index is 0.484. The second kappa shape index (κ2) is 6.73. The van der Waals surface area contributed by atoms with Crippen molar-refractivity contribution in [1.82, 2.24) is 10.2 Å². The molecule has 112 valence electrons. The highest BCUT2D eigenvalue weighted by atomic mass is 15.2. The zero-order valence-corrected chi connectivity index (χ0v) is 13.7. The molecule has 1 heterocycles. The van der Waals surface area contributed by atoms with Gasteiger partial charge >= 0.3 is 0 Å². The molecule has 2 nitrogen and oxygen atoms in total. The van der Waals surface area contributed by atoms with Crippen molar-refractivity contribution in [3.8, 4) is 0 Å². The highest BCUT2D eigenvalue weighted by Crippen LogP contribution is 2.27. The number of nitrogens with one attached hydrogen (secondary N) is 1. The van der Waals surface area contributed by atoms with Crippen LogP contribution in [0.2, 0.25) is 0 Å². The van der Waals surface area contributed by atoms with Crippen molar-refractivity contribution >= 4 is 0 Å². The van der Waals surface area contributed by atoms with Crippen molar-refractivity contribution in [1.29, 1.82) is 0 Å². The van der Waals surface area contributed by atoms with E-state index in [2.05, 4.69) is 63.0 Å². The lowest BCUT2D eigenvalue weighted by Crippen LogP contribution is -2.42. The first kappa shape index (κ1) is 15.5. The Balaban J connectivity index is 2.17. The van der Waals surface area contributed by atoms with Gasteiger partial charge in [0.15, 0.2) is 0 Å². The molecule has 2 heteroatoms. The monoisotopic (exact) mass is 274 g/mol. The molecule has 2 atom stereocenters. The summed E-state index contributed by atoms with van der Waals surface area (Å²) in [6, 6.07) is 8.56. The summed E-state index contributed by atoms with van der Waals surface area (Å²) in [6.07, 6.45) is 2.65. The molecule has 1 N–H and O–H groups in total. The van der Waals surface area contributed by atoms with Gasteiger partial charge in [-0.15, -0.1) is 0 Å².